The van der Waals surface area contributed by atoms with Gasteiger partial charge in [0.05, 0.1) is 16.9 Å². The second kappa shape index (κ2) is 23.5. The number of benzene rings is 4. The van der Waals surface area contributed by atoms with Crippen LogP contribution in [-0.2, 0) is 17.8 Å². The van der Waals surface area contributed by atoms with Crippen molar-refractivity contribution in [1.29, 1.82) is 0 Å². The first-order valence-corrected chi connectivity index (χ1v) is 18.5. The fourth-order valence-corrected chi connectivity index (χ4v) is 5.43. The number of nitrogens with zero attached hydrogens (tertiary/aromatic N) is 1. The van der Waals surface area contributed by atoms with Gasteiger partial charge in [-0.15, -0.1) is 0 Å². The Kier molecular flexibility index (Phi) is 19.5. The molecule has 0 saturated carbocycles. The molecule has 0 aromatic heterocycles. The van der Waals surface area contributed by atoms with Crippen molar-refractivity contribution < 1.29 is 23.8 Å². The van der Waals surface area contributed by atoms with Crippen molar-refractivity contribution in [2.75, 3.05) is 11.9 Å². The molecule has 8 heteroatoms. The number of amides is 1. The van der Waals surface area contributed by atoms with Crippen molar-refractivity contribution in [1.82, 2.24) is 5.32 Å². The van der Waals surface area contributed by atoms with E-state index >= 15 is 4.39 Å². The number of anilines is 1. The number of carbonyl (C=O) groups excluding carboxylic acids is 1. The molecule has 0 aliphatic carbocycles. The summed E-state index contributed by atoms with van der Waals surface area (Å²) in [5.74, 6) is -0.533. The molecule has 0 fully saturated rings. The maximum Gasteiger partial charge on any atom is 0.335 e. The first kappa shape index (κ1) is 43.2. The van der Waals surface area contributed by atoms with E-state index in [0.717, 1.165) is 73.0 Å². The van der Waals surface area contributed by atoms with Gasteiger partial charge in [-0.2, -0.15) is 0 Å². The third-order valence-corrected chi connectivity index (χ3v) is 8.13. The second-order valence-corrected chi connectivity index (χ2v) is 12.8. The largest absolute Gasteiger partial charge is 0.489 e. The lowest BCUT2D eigenvalue weighted by atomic mass is 9.97. The number of hydrogen-bond donors (Lipinski definition) is 3. The minimum Gasteiger partial charge on any atom is -0.489 e. The number of carbonyl (C=O) groups is 2. The second-order valence-electron chi connectivity index (χ2n) is 12.8. The molecule has 0 atom stereocenters. The highest BCUT2D eigenvalue weighted by Gasteiger charge is 2.13. The van der Waals surface area contributed by atoms with Crippen molar-refractivity contribution in [2.24, 2.45) is 10.9 Å². The molecule has 0 spiro atoms. The predicted octanol–water partition coefficient (Wildman–Crippen LogP) is 11.2. The van der Waals surface area contributed by atoms with Gasteiger partial charge in [-0.1, -0.05) is 109 Å². The number of hydrogen-bond acceptors (Lipinski definition) is 5. The molecular formula is C44H58FN3O4. The molecule has 0 aliphatic heterocycles. The van der Waals surface area contributed by atoms with Crippen LogP contribution in [0.25, 0.3) is 11.1 Å². The molecular weight excluding hydrogens is 653 g/mol. The lowest BCUT2D eigenvalue weighted by Gasteiger charge is -2.20. The zero-order valence-corrected chi connectivity index (χ0v) is 32.3. The van der Waals surface area contributed by atoms with Gasteiger partial charge in [-0.05, 0) is 84.7 Å². The smallest absolute Gasteiger partial charge is 0.335 e. The predicted molar refractivity (Wildman–Crippen MR) is 215 cm³/mol. The summed E-state index contributed by atoms with van der Waals surface area (Å²) in [5, 5.41) is 15.6. The minimum absolute atomic E-state index is 0.126. The number of carboxylic acid groups (broad SMARTS) is 1. The third kappa shape index (κ3) is 14.3. The summed E-state index contributed by atoms with van der Waals surface area (Å²) in [7, 11) is 0. The standard InChI is InChI=1S/C37H41FN2O3.C5H11NO.C2H6/c1-5-8-31(9-6-2)40-35-19-16-28(37(41)42)21-36(35)39-23-29-15-17-32(22-34(29)38)43-24-30-20-25(4)10-18-33(30)27-13-11-26(7-3)12-14-27;1-5(2)3-6-4-7;1-2/h10-23,31,40H,5-9,24H2,1-4H3,(H,41,42);4-5H,3H2,1-2H3,(H,6,7);1-2H3. The van der Waals surface area contributed by atoms with Crippen LogP contribution in [0.5, 0.6) is 5.75 Å². The van der Waals surface area contributed by atoms with E-state index in [1.165, 1.54) is 23.9 Å². The normalized spacial score (nSPS) is 10.7. The number of aromatic carboxylic acids is 1. The summed E-state index contributed by atoms with van der Waals surface area (Å²) >= 11 is 0. The van der Waals surface area contributed by atoms with Crippen molar-refractivity contribution in [2.45, 2.75) is 100 Å². The number of nitrogens with one attached hydrogen (secondary N) is 2. The van der Waals surface area contributed by atoms with Crippen molar-refractivity contribution in [3.8, 4) is 16.9 Å². The zero-order chi connectivity index (χ0) is 38.5. The van der Waals surface area contributed by atoms with E-state index in [-0.39, 0.29) is 17.2 Å². The van der Waals surface area contributed by atoms with Gasteiger partial charge in [0.2, 0.25) is 6.41 Å². The van der Waals surface area contributed by atoms with Crippen LogP contribution in [0, 0.1) is 18.7 Å². The average Bonchev–Trinajstić information content (AvgIpc) is 3.14. The molecule has 4 rings (SSSR count). The van der Waals surface area contributed by atoms with Crippen molar-refractivity contribution in [3.05, 3.63) is 112 Å². The van der Waals surface area contributed by atoms with Crippen molar-refractivity contribution >= 4 is 30.0 Å². The van der Waals surface area contributed by atoms with Crippen LogP contribution in [0.3, 0.4) is 0 Å². The number of ether oxygens (including phenoxy) is 1. The van der Waals surface area contributed by atoms with Crippen LogP contribution < -0.4 is 15.4 Å². The zero-order valence-electron chi connectivity index (χ0n) is 32.3. The summed E-state index contributed by atoms with van der Waals surface area (Å²) < 4.78 is 21.2. The van der Waals surface area contributed by atoms with Crippen LogP contribution >= 0.6 is 0 Å². The van der Waals surface area contributed by atoms with Gasteiger partial charge in [-0.25, -0.2) is 9.18 Å². The minimum atomic E-state index is -1.04. The maximum absolute atomic E-state index is 15.2. The van der Waals surface area contributed by atoms with Crippen molar-refractivity contribution in [3.63, 3.8) is 0 Å². The molecule has 0 aliphatic rings. The van der Waals surface area contributed by atoms with Gasteiger partial charge < -0.3 is 20.5 Å². The Hall–Kier alpha value is -4.98. The molecule has 0 unspecified atom stereocenters. The Morgan fingerprint density at radius 2 is 1.62 bits per heavy atom. The van der Waals surface area contributed by atoms with Crippen LogP contribution in [0.15, 0.2) is 83.9 Å². The van der Waals surface area contributed by atoms with E-state index in [1.54, 1.807) is 24.3 Å². The van der Waals surface area contributed by atoms with E-state index < -0.39 is 11.8 Å². The van der Waals surface area contributed by atoms with E-state index in [2.05, 4.69) is 92.7 Å². The summed E-state index contributed by atoms with van der Waals surface area (Å²) in [5.41, 5.74) is 7.23. The molecule has 0 bridgehead atoms. The van der Waals surface area contributed by atoms with E-state index in [4.69, 9.17) is 4.74 Å². The first-order chi connectivity index (χ1) is 25.1. The Labute approximate surface area is 310 Å². The van der Waals surface area contributed by atoms with Gasteiger partial charge in [0.15, 0.2) is 0 Å². The molecule has 0 heterocycles. The summed E-state index contributed by atoms with van der Waals surface area (Å²) in [6.07, 6.45) is 7.17. The van der Waals surface area contributed by atoms with E-state index in [9.17, 15) is 14.7 Å². The first-order valence-electron chi connectivity index (χ1n) is 18.5. The number of aliphatic imine (C=N–C) groups is 1. The molecule has 52 heavy (non-hydrogen) atoms. The van der Waals surface area contributed by atoms with E-state index in [0.29, 0.717) is 24.0 Å². The molecule has 280 valence electrons. The fraction of sp³-hybridized carbons (Fsp3) is 0.386. The van der Waals surface area contributed by atoms with Crippen LogP contribution in [0.1, 0.15) is 107 Å². The Morgan fingerprint density at radius 3 is 2.17 bits per heavy atom. The van der Waals surface area contributed by atoms with Crippen LogP contribution in [0.2, 0.25) is 0 Å². The maximum atomic E-state index is 15.2. The van der Waals surface area contributed by atoms with E-state index in [1.807, 2.05) is 20.8 Å². The average molecular weight is 712 g/mol. The number of halogens is 1. The number of rotatable bonds is 17. The van der Waals surface area contributed by atoms with Crippen LogP contribution in [-0.4, -0.2) is 36.3 Å². The third-order valence-electron chi connectivity index (χ3n) is 8.13. The Bertz CT molecular complexity index is 1700. The number of aryl methyl sites for hydroxylation is 2. The molecule has 4 aromatic rings. The summed E-state index contributed by atoms with van der Waals surface area (Å²) in [4.78, 5) is 25.7. The lowest BCUT2D eigenvalue weighted by molar-refractivity contribution is -0.109. The topological polar surface area (TPSA) is 100 Å². The van der Waals surface area contributed by atoms with Gasteiger partial charge in [0.25, 0.3) is 0 Å². The quantitative estimate of drug-likeness (QED) is 0.0748. The summed E-state index contributed by atoms with van der Waals surface area (Å²) in [6, 6.07) is 24.6. The Balaban J connectivity index is 0.000000930. The molecule has 7 nitrogen and oxygen atoms in total. The highest BCUT2D eigenvalue weighted by Crippen LogP contribution is 2.30. The fourth-order valence-electron chi connectivity index (χ4n) is 5.43. The van der Waals surface area contributed by atoms with Gasteiger partial charge in [-0.3, -0.25) is 9.79 Å². The Morgan fingerprint density at radius 1 is 0.923 bits per heavy atom. The van der Waals surface area contributed by atoms with Gasteiger partial charge in [0.1, 0.15) is 18.2 Å². The molecule has 0 radical (unpaired) electrons. The van der Waals surface area contributed by atoms with Crippen LogP contribution in [0.4, 0.5) is 15.8 Å². The van der Waals surface area contributed by atoms with Gasteiger partial charge in [0, 0.05) is 30.4 Å². The summed E-state index contributed by atoms with van der Waals surface area (Å²) in [6.45, 7) is 17.6. The lowest BCUT2D eigenvalue weighted by Crippen LogP contribution is -2.19. The highest BCUT2D eigenvalue weighted by atomic mass is 19.1. The number of carboxylic acids is 1. The SMILES string of the molecule is CC.CC(C)CNC=O.CCCC(CCC)Nc1ccc(C(=O)O)cc1N=Cc1ccc(OCc2cc(C)ccc2-c2ccc(CC)cc2)cc1F. The molecule has 3 N–H and O–H groups in total. The van der Waals surface area contributed by atoms with Gasteiger partial charge >= 0.3 is 5.97 Å². The monoisotopic (exact) mass is 711 g/mol. The highest BCUT2D eigenvalue weighted by molar-refractivity contribution is 5.92. The molecule has 1 amide bonds. The molecule has 4 aromatic carbocycles. The molecule has 0 saturated heterocycles.